The Balaban J connectivity index is 1.08. The van der Waals surface area contributed by atoms with E-state index in [0.717, 1.165) is 112 Å². The molecular formula is C67H47BN3O. The number of anilines is 8. The molecule has 0 unspecified atom stereocenters. The average molecular weight is 921 g/mol. The summed E-state index contributed by atoms with van der Waals surface area (Å²) in [6.45, 7) is 2.23. The zero-order chi connectivity index (χ0) is 48.0. The van der Waals surface area contributed by atoms with Gasteiger partial charge in [0.05, 0.1) is 5.69 Å². The second kappa shape index (κ2) is 18.2. The molecular weight excluding hydrogens is 874 g/mol. The van der Waals surface area contributed by atoms with Gasteiger partial charge in [-0.25, -0.2) is 0 Å². The van der Waals surface area contributed by atoms with Crippen LogP contribution in [0, 0.1) is 6.92 Å². The molecule has 0 saturated heterocycles. The van der Waals surface area contributed by atoms with E-state index in [1.807, 2.05) is 0 Å². The minimum atomic E-state index is 0.840. The lowest BCUT2D eigenvalue weighted by molar-refractivity contribution is 0.669. The fourth-order valence-electron chi connectivity index (χ4n) is 10.5. The van der Waals surface area contributed by atoms with Crippen LogP contribution in [0.15, 0.2) is 265 Å². The van der Waals surface area contributed by atoms with Crippen molar-refractivity contribution in [2.75, 3.05) is 15.1 Å². The molecule has 0 aliphatic carbocycles. The van der Waals surface area contributed by atoms with Gasteiger partial charge >= 0.3 is 0 Å². The van der Waals surface area contributed by atoms with E-state index < -0.39 is 0 Å². The Labute approximate surface area is 421 Å². The van der Waals surface area contributed by atoms with E-state index in [1.165, 1.54) is 16.7 Å². The first-order valence-electron chi connectivity index (χ1n) is 24.6. The van der Waals surface area contributed by atoms with Crippen LogP contribution < -0.4 is 26.0 Å². The van der Waals surface area contributed by atoms with E-state index in [0.29, 0.717) is 0 Å². The Morgan fingerprint density at radius 2 is 0.972 bits per heavy atom. The molecule has 0 fully saturated rings. The molecule has 1 aromatic heterocycles. The van der Waals surface area contributed by atoms with Crippen molar-refractivity contribution in [1.29, 1.82) is 0 Å². The highest BCUT2D eigenvalue weighted by atomic mass is 16.3. The summed E-state index contributed by atoms with van der Waals surface area (Å²) in [4.78, 5) is 4.80. The third-order valence-corrected chi connectivity index (χ3v) is 14.0. The van der Waals surface area contributed by atoms with Crippen molar-refractivity contribution in [3.63, 3.8) is 0 Å². The number of benzene rings is 11. The second-order valence-electron chi connectivity index (χ2n) is 18.5. The first kappa shape index (κ1) is 42.8. The number of nitrogens with one attached hydrogen (secondary N) is 1. The van der Waals surface area contributed by atoms with Crippen molar-refractivity contribution in [3.8, 4) is 44.5 Å². The molecule has 0 bridgehead atoms. The van der Waals surface area contributed by atoms with E-state index in [4.69, 9.17) is 4.42 Å². The van der Waals surface area contributed by atoms with Gasteiger partial charge in [-0.05, 0) is 148 Å². The van der Waals surface area contributed by atoms with Gasteiger partial charge < -0.3 is 19.5 Å². The summed E-state index contributed by atoms with van der Waals surface area (Å²) in [5.74, 6) is 0. The Morgan fingerprint density at radius 1 is 0.417 bits per heavy atom. The van der Waals surface area contributed by atoms with E-state index in [1.54, 1.807) is 0 Å². The van der Waals surface area contributed by atoms with E-state index in [2.05, 4.69) is 290 Å². The van der Waals surface area contributed by atoms with Crippen LogP contribution in [-0.4, -0.2) is 7.28 Å². The second-order valence-corrected chi connectivity index (χ2v) is 18.5. The monoisotopic (exact) mass is 920 g/mol. The standard InChI is InChI=1S/C67H47BN3O/c1-45-40-50(47-22-9-3-10-23-47)35-38-62(45)71-63-39-36-55(70(53-28-13-5-14-29-53)54-30-15-6-16-31-54)43-60(63)68-65-58(44-59-56-32-17-18-33-64(56)72-67(59)66(65)71)57-42-51(48-24-11-4-12-25-48)34-37-61(57)69-52-27-19-26-49(41-52)46-20-7-2-8-21-46/h2-44,69H,1H3. The molecule has 0 amide bonds. The summed E-state index contributed by atoms with van der Waals surface area (Å²) < 4.78 is 7.11. The summed E-state index contributed by atoms with van der Waals surface area (Å²) in [7, 11) is 2.39. The predicted molar refractivity (Wildman–Crippen MR) is 304 cm³/mol. The number of furan rings is 1. The number of rotatable bonds is 10. The molecule has 1 radical (unpaired) electrons. The highest BCUT2D eigenvalue weighted by Gasteiger charge is 2.34. The third-order valence-electron chi connectivity index (χ3n) is 14.0. The summed E-state index contributed by atoms with van der Waals surface area (Å²) in [6.07, 6.45) is 0. The van der Waals surface area contributed by atoms with Gasteiger partial charge in [-0.2, -0.15) is 0 Å². The van der Waals surface area contributed by atoms with Gasteiger partial charge in [0.15, 0.2) is 12.9 Å². The number of para-hydroxylation sites is 3. The molecule has 0 atom stereocenters. The molecule has 1 N–H and O–H groups in total. The molecule has 12 aromatic rings. The average Bonchev–Trinajstić information content (AvgIpc) is 3.82. The fourth-order valence-corrected chi connectivity index (χ4v) is 10.5. The van der Waals surface area contributed by atoms with Crippen LogP contribution in [0.5, 0.6) is 0 Å². The predicted octanol–water partition coefficient (Wildman–Crippen LogP) is 17.2. The SMILES string of the molecule is Cc1cc(-c2ccccc2)ccc1N1c2ccc(N(c3ccccc3)c3ccccc3)cc2[B]c2c(-c3cc(-c4ccccc4)ccc3Nc3cccc(-c4ccccc4)c3)cc3c(oc4ccccc43)c21. The van der Waals surface area contributed by atoms with Crippen molar-refractivity contribution in [1.82, 2.24) is 0 Å². The molecule has 339 valence electrons. The molecule has 1 aliphatic rings. The molecule has 0 spiro atoms. The van der Waals surface area contributed by atoms with Crippen LogP contribution >= 0.6 is 0 Å². The first-order valence-corrected chi connectivity index (χ1v) is 24.6. The molecule has 72 heavy (non-hydrogen) atoms. The van der Waals surface area contributed by atoms with Crippen LogP contribution in [-0.2, 0) is 0 Å². The summed E-state index contributed by atoms with van der Waals surface area (Å²) in [6, 6.07) is 93.3. The minimum absolute atomic E-state index is 0.840. The number of hydrogen-bond donors (Lipinski definition) is 1. The molecule has 5 heteroatoms. The maximum Gasteiger partial charge on any atom is 0.198 e. The summed E-state index contributed by atoms with van der Waals surface area (Å²) in [5, 5.41) is 6.06. The Kier molecular flexibility index (Phi) is 10.8. The topological polar surface area (TPSA) is 31.6 Å². The van der Waals surface area contributed by atoms with Crippen LogP contribution in [0.4, 0.5) is 45.5 Å². The quantitative estimate of drug-likeness (QED) is 0.139. The van der Waals surface area contributed by atoms with Gasteiger partial charge in [0, 0.05) is 56.1 Å². The highest BCUT2D eigenvalue weighted by molar-refractivity contribution is 6.74. The Hall–Kier alpha value is -9.32. The van der Waals surface area contributed by atoms with Crippen molar-refractivity contribution < 1.29 is 4.42 Å². The first-order chi connectivity index (χ1) is 35.6. The van der Waals surface area contributed by atoms with Gasteiger partial charge in [-0.1, -0.05) is 175 Å². The molecule has 4 nitrogen and oxygen atoms in total. The van der Waals surface area contributed by atoms with Crippen molar-refractivity contribution in [2.45, 2.75) is 6.92 Å². The maximum absolute atomic E-state index is 7.11. The van der Waals surface area contributed by atoms with Gasteiger partial charge in [-0.15, -0.1) is 0 Å². The van der Waals surface area contributed by atoms with Crippen LogP contribution in [0.1, 0.15) is 5.56 Å². The smallest absolute Gasteiger partial charge is 0.198 e. The van der Waals surface area contributed by atoms with Crippen molar-refractivity contribution in [2.24, 2.45) is 0 Å². The van der Waals surface area contributed by atoms with Crippen LogP contribution in [0.3, 0.4) is 0 Å². The van der Waals surface area contributed by atoms with Crippen molar-refractivity contribution in [3.05, 3.63) is 266 Å². The minimum Gasteiger partial charge on any atom is -0.454 e. The lowest BCUT2D eigenvalue weighted by atomic mass is 9.57. The highest BCUT2D eigenvalue weighted by Crippen LogP contribution is 2.48. The number of fused-ring (bicyclic) bond motifs is 6. The zero-order valence-corrected chi connectivity index (χ0v) is 39.7. The molecule has 11 aromatic carbocycles. The number of aryl methyl sites for hydroxylation is 1. The van der Waals surface area contributed by atoms with E-state index in [-0.39, 0.29) is 0 Å². The van der Waals surface area contributed by atoms with E-state index in [9.17, 15) is 0 Å². The normalized spacial score (nSPS) is 11.8. The molecule has 2 heterocycles. The Bertz CT molecular complexity index is 3890. The summed E-state index contributed by atoms with van der Waals surface area (Å²) >= 11 is 0. The lowest BCUT2D eigenvalue weighted by Crippen LogP contribution is -2.41. The number of nitrogens with zero attached hydrogens (tertiary/aromatic N) is 2. The zero-order valence-electron chi connectivity index (χ0n) is 39.7. The lowest BCUT2D eigenvalue weighted by Gasteiger charge is -2.37. The third kappa shape index (κ3) is 7.78. The number of hydrogen-bond acceptors (Lipinski definition) is 4. The Morgan fingerprint density at radius 3 is 1.62 bits per heavy atom. The van der Waals surface area contributed by atoms with E-state index >= 15 is 0 Å². The van der Waals surface area contributed by atoms with Gasteiger partial charge in [0.2, 0.25) is 0 Å². The fraction of sp³-hybridized carbons (Fsp3) is 0.0149. The molecule has 0 saturated carbocycles. The summed E-state index contributed by atoms with van der Waals surface area (Å²) in [5.41, 5.74) is 22.5. The van der Waals surface area contributed by atoms with Crippen LogP contribution in [0.2, 0.25) is 0 Å². The maximum atomic E-state index is 7.11. The van der Waals surface area contributed by atoms with Crippen LogP contribution in [0.25, 0.3) is 66.4 Å². The van der Waals surface area contributed by atoms with Crippen molar-refractivity contribution >= 4 is 85.6 Å². The van der Waals surface area contributed by atoms with Gasteiger partial charge in [-0.3, -0.25) is 0 Å². The molecule has 1 aliphatic heterocycles. The van der Waals surface area contributed by atoms with Gasteiger partial charge in [0.1, 0.15) is 5.58 Å². The molecule has 13 rings (SSSR count). The van der Waals surface area contributed by atoms with Gasteiger partial charge in [0.25, 0.3) is 0 Å². The largest absolute Gasteiger partial charge is 0.454 e.